The Morgan fingerprint density at radius 3 is 2.55 bits per heavy atom. The van der Waals surface area contributed by atoms with Gasteiger partial charge >= 0.3 is 0 Å². The minimum atomic E-state index is -0.277. The molecule has 0 saturated carbocycles. The van der Waals surface area contributed by atoms with Gasteiger partial charge in [-0.2, -0.15) is 0 Å². The van der Waals surface area contributed by atoms with E-state index in [1.54, 1.807) is 6.07 Å². The summed E-state index contributed by atoms with van der Waals surface area (Å²) in [4.78, 5) is 8.37. The molecule has 0 amide bonds. The van der Waals surface area contributed by atoms with Crippen molar-refractivity contribution in [1.29, 1.82) is 0 Å². The van der Waals surface area contributed by atoms with Gasteiger partial charge in [-0.1, -0.05) is 31.2 Å². The molecule has 3 rings (SSSR count). The third kappa shape index (κ3) is 3.22. The van der Waals surface area contributed by atoms with Crippen molar-refractivity contribution in [1.82, 2.24) is 9.97 Å². The molecule has 0 aliphatic rings. The summed E-state index contributed by atoms with van der Waals surface area (Å²) in [7, 11) is 0. The Bertz CT molecular complexity index is 769. The molecule has 3 aromatic rings. The van der Waals surface area contributed by atoms with Gasteiger partial charge in [-0.3, -0.25) is 0 Å². The van der Waals surface area contributed by atoms with Crippen LogP contribution in [0, 0.1) is 5.82 Å². The SMILES string of the molecule is CCc1ccc(CCNc2ncnc3ccc(F)cc23)cc1. The predicted molar refractivity (Wildman–Crippen MR) is 87.5 cm³/mol. The quantitative estimate of drug-likeness (QED) is 0.773. The van der Waals surface area contributed by atoms with Crippen LogP contribution < -0.4 is 5.32 Å². The lowest BCUT2D eigenvalue weighted by molar-refractivity contribution is 0.629. The van der Waals surface area contributed by atoms with E-state index in [-0.39, 0.29) is 5.82 Å². The standard InChI is InChI=1S/C18H18FN3/c1-2-13-3-5-14(6-4-13)9-10-20-18-16-11-15(19)7-8-17(16)21-12-22-18/h3-8,11-12H,2,9-10H2,1H3,(H,20,21,22). The number of rotatable bonds is 5. The summed E-state index contributed by atoms with van der Waals surface area (Å²) in [5, 5.41) is 3.99. The molecule has 3 nitrogen and oxygen atoms in total. The van der Waals surface area contributed by atoms with Crippen LogP contribution in [0.1, 0.15) is 18.1 Å². The van der Waals surface area contributed by atoms with E-state index in [2.05, 4.69) is 46.5 Å². The topological polar surface area (TPSA) is 37.8 Å². The molecular formula is C18H18FN3. The minimum absolute atomic E-state index is 0.277. The number of hydrogen-bond donors (Lipinski definition) is 1. The predicted octanol–water partition coefficient (Wildman–Crippen LogP) is 3.99. The molecule has 0 bridgehead atoms. The second kappa shape index (κ2) is 6.52. The van der Waals surface area contributed by atoms with E-state index >= 15 is 0 Å². The number of aryl methyl sites for hydroxylation is 1. The molecular weight excluding hydrogens is 277 g/mol. The van der Waals surface area contributed by atoms with Crippen molar-refractivity contribution in [3.8, 4) is 0 Å². The van der Waals surface area contributed by atoms with Crippen LogP contribution in [-0.2, 0) is 12.8 Å². The second-order valence-corrected chi connectivity index (χ2v) is 5.23. The van der Waals surface area contributed by atoms with Crippen LogP contribution in [0.3, 0.4) is 0 Å². The maximum atomic E-state index is 13.4. The number of fused-ring (bicyclic) bond motifs is 1. The van der Waals surface area contributed by atoms with E-state index in [4.69, 9.17) is 0 Å². The lowest BCUT2D eigenvalue weighted by atomic mass is 10.1. The molecule has 1 aromatic heterocycles. The normalized spacial score (nSPS) is 10.8. The Balaban J connectivity index is 1.69. The number of nitrogens with zero attached hydrogens (tertiary/aromatic N) is 2. The molecule has 0 aliphatic carbocycles. The van der Waals surface area contributed by atoms with Gasteiger partial charge in [-0.25, -0.2) is 14.4 Å². The van der Waals surface area contributed by atoms with Crippen LogP contribution in [0.5, 0.6) is 0 Å². The molecule has 1 N–H and O–H groups in total. The summed E-state index contributed by atoms with van der Waals surface area (Å²) in [6.45, 7) is 2.89. The van der Waals surface area contributed by atoms with Gasteiger partial charge in [0.15, 0.2) is 0 Å². The fraction of sp³-hybridized carbons (Fsp3) is 0.222. The molecule has 112 valence electrons. The van der Waals surface area contributed by atoms with Crippen molar-refractivity contribution in [3.05, 3.63) is 65.7 Å². The summed E-state index contributed by atoms with van der Waals surface area (Å²) in [6.07, 6.45) is 3.44. The molecule has 0 spiro atoms. The maximum absolute atomic E-state index is 13.4. The first kappa shape index (κ1) is 14.4. The number of aromatic nitrogens is 2. The zero-order chi connectivity index (χ0) is 15.4. The zero-order valence-corrected chi connectivity index (χ0v) is 12.5. The van der Waals surface area contributed by atoms with E-state index in [0.29, 0.717) is 11.2 Å². The van der Waals surface area contributed by atoms with E-state index < -0.39 is 0 Å². The fourth-order valence-corrected chi connectivity index (χ4v) is 2.44. The van der Waals surface area contributed by atoms with E-state index in [1.165, 1.54) is 29.6 Å². The van der Waals surface area contributed by atoms with E-state index in [0.717, 1.165) is 24.9 Å². The molecule has 4 heteroatoms. The summed E-state index contributed by atoms with van der Waals surface area (Å²) in [6, 6.07) is 13.2. The number of benzene rings is 2. The Morgan fingerprint density at radius 1 is 1.00 bits per heavy atom. The molecule has 0 atom stereocenters. The maximum Gasteiger partial charge on any atom is 0.137 e. The Kier molecular flexibility index (Phi) is 4.28. The number of anilines is 1. The molecule has 0 aliphatic heterocycles. The summed E-state index contributed by atoms with van der Waals surface area (Å²) >= 11 is 0. The third-order valence-electron chi connectivity index (χ3n) is 3.73. The van der Waals surface area contributed by atoms with Gasteiger partial charge in [0.05, 0.1) is 5.52 Å². The lowest BCUT2D eigenvalue weighted by Gasteiger charge is -2.08. The molecule has 1 heterocycles. The van der Waals surface area contributed by atoms with Gasteiger partial charge in [-0.15, -0.1) is 0 Å². The van der Waals surface area contributed by atoms with Gasteiger partial charge in [0.1, 0.15) is 18.0 Å². The van der Waals surface area contributed by atoms with Crippen molar-refractivity contribution in [3.63, 3.8) is 0 Å². The van der Waals surface area contributed by atoms with Crippen molar-refractivity contribution in [2.75, 3.05) is 11.9 Å². The minimum Gasteiger partial charge on any atom is -0.369 e. The first-order chi connectivity index (χ1) is 10.8. The average molecular weight is 295 g/mol. The van der Waals surface area contributed by atoms with E-state index in [1.807, 2.05) is 0 Å². The van der Waals surface area contributed by atoms with Crippen LogP contribution in [0.2, 0.25) is 0 Å². The van der Waals surface area contributed by atoms with Gasteiger partial charge in [0.25, 0.3) is 0 Å². The Hall–Kier alpha value is -2.49. The highest BCUT2D eigenvalue weighted by Crippen LogP contribution is 2.20. The second-order valence-electron chi connectivity index (χ2n) is 5.23. The van der Waals surface area contributed by atoms with Gasteiger partial charge in [0, 0.05) is 11.9 Å². The van der Waals surface area contributed by atoms with Gasteiger partial charge in [0.2, 0.25) is 0 Å². The summed E-state index contributed by atoms with van der Waals surface area (Å²) < 4.78 is 13.4. The van der Waals surface area contributed by atoms with Crippen molar-refractivity contribution in [2.24, 2.45) is 0 Å². The van der Waals surface area contributed by atoms with Crippen molar-refractivity contribution < 1.29 is 4.39 Å². The number of nitrogens with one attached hydrogen (secondary N) is 1. The Labute approximate surface area is 129 Å². The summed E-state index contributed by atoms with van der Waals surface area (Å²) in [5.41, 5.74) is 3.36. The van der Waals surface area contributed by atoms with Gasteiger partial charge in [-0.05, 0) is 42.2 Å². The molecule has 0 radical (unpaired) electrons. The first-order valence-electron chi connectivity index (χ1n) is 7.48. The molecule has 0 unspecified atom stereocenters. The van der Waals surface area contributed by atoms with Crippen LogP contribution >= 0.6 is 0 Å². The van der Waals surface area contributed by atoms with Crippen molar-refractivity contribution in [2.45, 2.75) is 19.8 Å². The molecule has 0 saturated heterocycles. The van der Waals surface area contributed by atoms with Gasteiger partial charge < -0.3 is 5.32 Å². The largest absolute Gasteiger partial charge is 0.369 e. The van der Waals surface area contributed by atoms with Crippen LogP contribution in [0.4, 0.5) is 10.2 Å². The highest BCUT2D eigenvalue weighted by Gasteiger charge is 2.04. The number of halogens is 1. The van der Waals surface area contributed by atoms with Crippen LogP contribution in [0.25, 0.3) is 10.9 Å². The number of hydrogen-bond acceptors (Lipinski definition) is 3. The Morgan fingerprint density at radius 2 is 1.77 bits per heavy atom. The third-order valence-corrected chi connectivity index (χ3v) is 3.73. The lowest BCUT2D eigenvalue weighted by Crippen LogP contribution is -2.07. The fourth-order valence-electron chi connectivity index (χ4n) is 2.44. The monoisotopic (exact) mass is 295 g/mol. The zero-order valence-electron chi connectivity index (χ0n) is 12.5. The average Bonchev–Trinajstić information content (AvgIpc) is 2.56. The van der Waals surface area contributed by atoms with Crippen molar-refractivity contribution >= 4 is 16.7 Å². The van der Waals surface area contributed by atoms with E-state index in [9.17, 15) is 4.39 Å². The molecule has 2 aromatic carbocycles. The summed E-state index contributed by atoms with van der Waals surface area (Å²) in [5.74, 6) is 0.398. The first-order valence-corrected chi connectivity index (χ1v) is 7.48. The highest BCUT2D eigenvalue weighted by atomic mass is 19.1. The molecule has 0 fully saturated rings. The molecule has 22 heavy (non-hydrogen) atoms. The smallest absolute Gasteiger partial charge is 0.137 e. The van der Waals surface area contributed by atoms with Crippen LogP contribution in [0.15, 0.2) is 48.8 Å². The van der Waals surface area contributed by atoms with Crippen LogP contribution in [-0.4, -0.2) is 16.5 Å². The highest BCUT2D eigenvalue weighted by molar-refractivity contribution is 5.88.